The van der Waals surface area contributed by atoms with Crippen LogP contribution in [0.25, 0.3) is 0 Å². The quantitative estimate of drug-likeness (QED) is 0.876. The van der Waals surface area contributed by atoms with E-state index in [1.165, 1.54) is 16.7 Å². The second-order valence-electron chi connectivity index (χ2n) is 4.91. The third kappa shape index (κ3) is 3.70. The third-order valence-electron chi connectivity index (χ3n) is 3.08. The van der Waals surface area contributed by atoms with Gasteiger partial charge in [0.2, 0.25) is 0 Å². The fourth-order valence-corrected chi connectivity index (χ4v) is 2.15. The standard InChI is InChI=1S/C15H20N2O/c1-12-4-3-5-13(8-12)9-15(18)7-6-14-10-16-17(2)11-14/h3-5,8,10-11,15,18H,6-7,9H2,1-2H3. The topological polar surface area (TPSA) is 38.1 Å². The summed E-state index contributed by atoms with van der Waals surface area (Å²) in [5, 5.41) is 14.2. The fourth-order valence-electron chi connectivity index (χ4n) is 2.15. The van der Waals surface area contributed by atoms with Crippen molar-refractivity contribution in [2.45, 2.75) is 32.3 Å². The van der Waals surface area contributed by atoms with Crippen LogP contribution in [0.2, 0.25) is 0 Å². The van der Waals surface area contributed by atoms with Crippen molar-refractivity contribution in [1.29, 1.82) is 0 Å². The molecule has 1 atom stereocenters. The highest BCUT2D eigenvalue weighted by molar-refractivity contribution is 5.22. The predicted octanol–water partition coefficient (Wildman–Crippen LogP) is 2.26. The number of aliphatic hydroxyl groups excluding tert-OH is 1. The van der Waals surface area contributed by atoms with E-state index < -0.39 is 0 Å². The summed E-state index contributed by atoms with van der Waals surface area (Å²) in [7, 11) is 1.91. The smallest absolute Gasteiger partial charge is 0.0583 e. The van der Waals surface area contributed by atoms with Crippen molar-refractivity contribution in [2.75, 3.05) is 0 Å². The largest absolute Gasteiger partial charge is 0.393 e. The highest BCUT2D eigenvalue weighted by Gasteiger charge is 2.07. The van der Waals surface area contributed by atoms with Crippen molar-refractivity contribution in [3.05, 3.63) is 53.3 Å². The summed E-state index contributed by atoms with van der Waals surface area (Å²) in [6.07, 6.45) is 5.95. The van der Waals surface area contributed by atoms with Crippen LogP contribution < -0.4 is 0 Å². The molecule has 2 rings (SSSR count). The number of aliphatic hydroxyl groups is 1. The summed E-state index contributed by atoms with van der Waals surface area (Å²) in [4.78, 5) is 0. The highest BCUT2D eigenvalue weighted by Crippen LogP contribution is 2.11. The summed E-state index contributed by atoms with van der Waals surface area (Å²) < 4.78 is 1.79. The average Bonchev–Trinajstić information content (AvgIpc) is 2.73. The molecule has 1 aromatic carbocycles. The Morgan fingerprint density at radius 1 is 1.33 bits per heavy atom. The molecule has 96 valence electrons. The molecule has 1 aromatic heterocycles. The van der Waals surface area contributed by atoms with Crippen LogP contribution >= 0.6 is 0 Å². The molecule has 0 amide bonds. The van der Waals surface area contributed by atoms with Crippen LogP contribution in [0, 0.1) is 6.92 Å². The molecule has 18 heavy (non-hydrogen) atoms. The Balaban J connectivity index is 1.83. The fraction of sp³-hybridized carbons (Fsp3) is 0.400. The van der Waals surface area contributed by atoms with Gasteiger partial charge in [0.15, 0.2) is 0 Å². The van der Waals surface area contributed by atoms with Gasteiger partial charge in [0, 0.05) is 13.2 Å². The zero-order valence-corrected chi connectivity index (χ0v) is 11.0. The first kappa shape index (κ1) is 12.8. The molecule has 0 radical (unpaired) electrons. The van der Waals surface area contributed by atoms with Crippen molar-refractivity contribution >= 4 is 0 Å². The predicted molar refractivity (Wildman–Crippen MR) is 72.4 cm³/mol. The number of hydrogen-bond acceptors (Lipinski definition) is 2. The van der Waals surface area contributed by atoms with E-state index in [9.17, 15) is 5.11 Å². The third-order valence-corrected chi connectivity index (χ3v) is 3.08. The van der Waals surface area contributed by atoms with Gasteiger partial charge in [0.1, 0.15) is 0 Å². The number of aromatic nitrogens is 2. The lowest BCUT2D eigenvalue weighted by Crippen LogP contribution is -2.11. The molecular formula is C15H20N2O. The first-order valence-corrected chi connectivity index (χ1v) is 6.34. The molecule has 0 aliphatic carbocycles. The summed E-state index contributed by atoms with van der Waals surface area (Å²) in [6.45, 7) is 2.07. The molecule has 0 bridgehead atoms. The lowest BCUT2D eigenvalue weighted by Gasteiger charge is -2.10. The second-order valence-corrected chi connectivity index (χ2v) is 4.91. The van der Waals surface area contributed by atoms with Gasteiger partial charge in [-0.1, -0.05) is 29.8 Å². The van der Waals surface area contributed by atoms with E-state index in [1.54, 1.807) is 4.68 Å². The van der Waals surface area contributed by atoms with Gasteiger partial charge in [0.25, 0.3) is 0 Å². The maximum Gasteiger partial charge on any atom is 0.0583 e. The molecule has 0 saturated carbocycles. The molecular weight excluding hydrogens is 224 g/mol. The van der Waals surface area contributed by atoms with Crippen LogP contribution in [0.1, 0.15) is 23.1 Å². The van der Waals surface area contributed by atoms with E-state index in [1.807, 2.05) is 25.5 Å². The van der Waals surface area contributed by atoms with Gasteiger partial charge in [-0.15, -0.1) is 0 Å². The minimum atomic E-state index is -0.285. The number of nitrogens with zero attached hydrogens (tertiary/aromatic N) is 2. The molecule has 0 saturated heterocycles. The van der Waals surface area contributed by atoms with Crippen LogP contribution in [0.4, 0.5) is 0 Å². The number of rotatable bonds is 5. The van der Waals surface area contributed by atoms with Crippen LogP contribution in [0.15, 0.2) is 36.7 Å². The van der Waals surface area contributed by atoms with Gasteiger partial charge in [-0.25, -0.2) is 0 Å². The van der Waals surface area contributed by atoms with E-state index in [2.05, 4.69) is 30.2 Å². The van der Waals surface area contributed by atoms with E-state index in [0.29, 0.717) is 0 Å². The Hall–Kier alpha value is -1.61. The van der Waals surface area contributed by atoms with E-state index in [0.717, 1.165) is 19.3 Å². The minimum Gasteiger partial charge on any atom is -0.393 e. The molecule has 1 unspecified atom stereocenters. The van der Waals surface area contributed by atoms with Gasteiger partial charge in [0.05, 0.1) is 12.3 Å². The van der Waals surface area contributed by atoms with Crippen molar-refractivity contribution in [1.82, 2.24) is 9.78 Å². The number of hydrogen-bond donors (Lipinski definition) is 1. The molecule has 1 N–H and O–H groups in total. The summed E-state index contributed by atoms with van der Waals surface area (Å²) >= 11 is 0. The van der Waals surface area contributed by atoms with Crippen molar-refractivity contribution < 1.29 is 5.11 Å². The number of aryl methyl sites for hydroxylation is 3. The Kier molecular flexibility index (Phi) is 4.15. The molecule has 0 aliphatic rings. The maximum absolute atomic E-state index is 10.0. The molecule has 3 heteroatoms. The van der Waals surface area contributed by atoms with E-state index >= 15 is 0 Å². The Morgan fingerprint density at radius 3 is 2.83 bits per heavy atom. The van der Waals surface area contributed by atoms with Crippen LogP contribution in [0.3, 0.4) is 0 Å². The lowest BCUT2D eigenvalue weighted by molar-refractivity contribution is 0.165. The first-order valence-electron chi connectivity index (χ1n) is 6.34. The second kappa shape index (κ2) is 5.83. The Bertz CT molecular complexity index is 505. The van der Waals surface area contributed by atoms with Crippen molar-refractivity contribution in [3.8, 4) is 0 Å². The first-order chi connectivity index (χ1) is 8.63. The molecule has 3 nitrogen and oxygen atoms in total. The molecule has 0 fully saturated rings. The summed E-state index contributed by atoms with van der Waals surface area (Å²) in [5.74, 6) is 0. The van der Waals surface area contributed by atoms with Crippen molar-refractivity contribution in [3.63, 3.8) is 0 Å². The van der Waals surface area contributed by atoms with Gasteiger partial charge in [-0.3, -0.25) is 4.68 Å². The van der Waals surface area contributed by atoms with E-state index in [4.69, 9.17) is 0 Å². The maximum atomic E-state index is 10.0. The normalized spacial score (nSPS) is 12.6. The summed E-state index contributed by atoms with van der Waals surface area (Å²) in [6, 6.07) is 8.32. The summed E-state index contributed by atoms with van der Waals surface area (Å²) in [5.41, 5.74) is 3.63. The SMILES string of the molecule is Cc1cccc(CC(O)CCc2cnn(C)c2)c1. The Labute approximate surface area is 108 Å². The lowest BCUT2D eigenvalue weighted by atomic mass is 10.0. The monoisotopic (exact) mass is 244 g/mol. The van der Waals surface area contributed by atoms with E-state index in [-0.39, 0.29) is 6.10 Å². The van der Waals surface area contributed by atoms with Gasteiger partial charge >= 0.3 is 0 Å². The van der Waals surface area contributed by atoms with Gasteiger partial charge in [-0.05, 0) is 37.3 Å². The molecule has 1 heterocycles. The van der Waals surface area contributed by atoms with Crippen LogP contribution in [0.5, 0.6) is 0 Å². The van der Waals surface area contributed by atoms with Crippen LogP contribution in [-0.2, 0) is 19.9 Å². The molecule has 0 aliphatic heterocycles. The number of benzene rings is 1. The zero-order chi connectivity index (χ0) is 13.0. The zero-order valence-electron chi connectivity index (χ0n) is 11.0. The van der Waals surface area contributed by atoms with Crippen molar-refractivity contribution in [2.24, 2.45) is 7.05 Å². The minimum absolute atomic E-state index is 0.285. The molecule has 0 spiro atoms. The van der Waals surface area contributed by atoms with Crippen LogP contribution in [-0.4, -0.2) is 21.0 Å². The van der Waals surface area contributed by atoms with Gasteiger partial charge in [-0.2, -0.15) is 5.10 Å². The molecule has 2 aromatic rings. The highest BCUT2D eigenvalue weighted by atomic mass is 16.3. The van der Waals surface area contributed by atoms with Gasteiger partial charge < -0.3 is 5.11 Å². The average molecular weight is 244 g/mol. The Morgan fingerprint density at radius 2 is 2.17 bits per heavy atom.